The molecular formula is C26H23ClFN5O3S. The lowest BCUT2D eigenvalue weighted by Gasteiger charge is -2.18. The second kappa shape index (κ2) is 11.1. The van der Waals surface area contributed by atoms with Crippen molar-refractivity contribution in [1.29, 1.82) is 0 Å². The first-order chi connectivity index (χ1) is 17.6. The largest absolute Gasteiger partial charge is 0.342 e. The lowest BCUT2D eigenvalue weighted by Crippen LogP contribution is -2.28. The van der Waals surface area contributed by atoms with Crippen LogP contribution < -0.4 is 5.32 Å². The van der Waals surface area contributed by atoms with Gasteiger partial charge in [-0.25, -0.2) is 4.39 Å². The van der Waals surface area contributed by atoms with Crippen LogP contribution in [-0.2, 0) is 5.75 Å². The third kappa shape index (κ3) is 5.98. The SMILES string of the molecule is Cc1ccc(Cl)cc1-n1c(SCc2ccc(F)cc2)nnc1C(C)NC(=O)c1ccc(C)c([N+](=O)[O-])c1. The van der Waals surface area contributed by atoms with Gasteiger partial charge in [-0.1, -0.05) is 47.6 Å². The van der Waals surface area contributed by atoms with Gasteiger partial charge in [0.2, 0.25) is 0 Å². The van der Waals surface area contributed by atoms with Crippen molar-refractivity contribution < 1.29 is 14.1 Å². The molecule has 1 heterocycles. The molecule has 37 heavy (non-hydrogen) atoms. The molecule has 0 saturated carbocycles. The second-order valence-corrected chi connectivity index (χ2v) is 9.85. The van der Waals surface area contributed by atoms with Crippen molar-refractivity contribution in [3.63, 3.8) is 0 Å². The van der Waals surface area contributed by atoms with Crippen molar-refractivity contribution in [3.05, 3.63) is 110 Å². The van der Waals surface area contributed by atoms with Crippen LogP contribution in [0.1, 0.15) is 45.8 Å². The Labute approximate surface area is 222 Å². The molecular weight excluding hydrogens is 517 g/mol. The maximum Gasteiger partial charge on any atom is 0.273 e. The van der Waals surface area contributed by atoms with Crippen LogP contribution >= 0.6 is 23.4 Å². The van der Waals surface area contributed by atoms with Gasteiger partial charge in [0.15, 0.2) is 11.0 Å². The third-order valence-electron chi connectivity index (χ3n) is 5.75. The van der Waals surface area contributed by atoms with Gasteiger partial charge in [0, 0.05) is 28.0 Å². The lowest BCUT2D eigenvalue weighted by molar-refractivity contribution is -0.385. The fraction of sp³-hybridized carbons (Fsp3) is 0.192. The second-order valence-electron chi connectivity index (χ2n) is 8.48. The van der Waals surface area contributed by atoms with E-state index in [1.165, 1.54) is 30.0 Å². The summed E-state index contributed by atoms with van der Waals surface area (Å²) in [5.41, 5.74) is 3.08. The number of aryl methyl sites for hydroxylation is 2. The lowest BCUT2D eigenvalue weighted by atomic mass is 10.1. The average Bonchev–Trinajstić information content (AvgIpc) is 3.29. The molecule has 1 unspecified atom stereocenters. The van der Waals surface area contributed by atoms with Crippen LogP contribution in [0, 0.1) is 29.8 Å². The number of carbonyl (C=O) groups is 1. The molecule has 1 amide bonds. The van der Waals surface area contributed by atoms with Crippen LogP contribution in [0.2, 0.25) is 5.02 Å². The molecule has 8 nitrogen and oxygen atoms in total. The summed E-state index contributed by atoms with van der Waals surface area (Å²) < 4.78 is 15.1. The molecule has 0 spiro atoms. The number of hydrogen-bond acceptors (Lipinski definition) is 6. The van der Waals surface area contributed by atoms with E-state index in [0.717, 1.165) is 16.8 Å². The summed E-state index contributed by atoms with van der Waals surface area (Å²) in [7, 11) is 0. The van der Waals surface area contributed by atoms with Gasteiger partial charge in [0.25, 0.3) is 11.6 Å². The van der Waals surface area contributed by atoms with Crippen LogP contribution in [0.3, 0.4) is 0 Å². The van der Waals surface area contributed by atoms with E-state index in [9.17, 15) is 19.3 Å². The number of nitro benzene ring substituents is 1. The molecule has 0 saturated heterocycles. The molecule has 190 valence electrons. The molecule has 3 aromatic carbocycles. The summed E-state index contributed by atoms with van der Waals surface area (Å²) in [6.45, 7) is 5.30. The van der Waals surface area contributed by atoms with Gasteiger partial charge < -0.3 is 5.32 Å². The van der Waals surface area contributed by atoms with Crippen LogP contribution in [0.4, 0.5) is 10.1 Å². The van der Waals surface area contributed by atoms with Crippen LogP contribution in [0.25, 0.3) is 5.69 Å². The first-order valence-electron chi connectivity index (χ1n) is 11.3. The van der Waals surface area contributed by atoms with Gasteiger partial charge in [-0.2, -0.15) is 0 Å². The number of rotatable bonds is 8. The van der Waals surface area contributed by atoms with E-state index in [-0.39, 0.29) is 17.1 Å². The predicted octanol–water partition coefficient (Wildman–Crippen LogP) is 6.37. The highest BCUT2D eigenvalue weighted by Crippen LogP contribution is 2.30. The fourth-order valence-corrected chi connectivity index (χ4v) is 4.80. The summed E-state index contributed by atoms with van der Waals surface area (Å²) >= 11 is 7.71. The Morgan fingerprint density at radius 3 is 2.51 bits per heavy atom. The molecule has 11 heteroatoms. The summed E-state index contributed by atoms with van der Waals surface area (Å²) in [6.07, 6.45) is 0. The van der Waals surface area contributed by atoms with Crippen molar-refractivity contribution in [2.45, 2.75) is 37.7 Å². The molecule has 0 fully saturated rings. The van der Waals surface area contributed by atoms with E-state index in [1.54, 1.807) is 50.2 Å². The van der Waals surface area contributed by atoms with Crippen molar-refractivity contribution >= 4 is 35.0 Å². The molecule has 4 aromatic rings. The molecule has 1 atom stereocenters. The van der Waals surface area contributed by atoms with Crippen molar-refractivity contribution in [1.82, 2.24) is 20.1 Å². The highest BCUT2D eigenvalue weighted by atomic mass is 35.5. The van der Waals surface area contributed by atoms with Gasteiger partial charge in [-0.3, -0.25) is 19.5 Å². The minimum atomic E-state index is -0.598. The van der Waals surface area contributed by atoms with E-state index in [0.29, 0.717) is 27.3 Å². The topological polar surface area (TPSA) is 103 Å². The molecule has 4 rings (SSSR count). The Balaban J connectivity index is 1.66. The minimum absolute atomic E-state index is 0.127. The Bertz CT molecular complexity index is 1480. The van der Waals surface area contributed by atoms with E-state index in [2.05, 4.69) is 15.5 Å². The molecule has 0 bridgehead atoms. The Morgan fingerprint density at radius 2 is 1.81 bits per heavy atom. The minimum Gasteiger partial charge on any atom is -0.342 e. The number of halogens is 2. The number of nitrogens with one attached hydrogen (secondary N) is 1. The standard InChI is InChI=1S/C26H23ClFN5O3S/c1-15-5-9-20(27)13-22(15)32-24(30-31-26(32)37-14-18-6-10-21(28)11-7-18)17(3)29-25(34)19-8-4-16(2)23(12-19)33(35)36/h4-13,17H,14H2,1-3H3,(H,29,34). The normalized spacial score (nSPS) is 11.8. The van der Waals surface area contributed by atoms with Crippen LogP contribution in [0.15, 0.2) is 65.8 Å². The molecule has 0 radical (unpaired) electrons. The monoisotopic (exact) mass is 539 g/mol. The number of hydrogen-bond donors (Lipinski definition) is 1. The van der Waals surface area contributed by atoms with Crippen molar-refractivity contribution in [2.75, 3.05) is 0 Å². The predicted molar refractivity (Wildman–Crippen MR) is 141 cm³/mol. The van der Waals surface area contributed by atoms with E-state index >= 15 is 0 Å². The first-order valence-corrected chi connectivity index (χ1v) is 12.7. The van der Waals surface area contributed by atoms with Gasteiger partial charge >= 0.3 is 0 Å². The smallest absolute Gasteiger partial charge is 0.273 e. The van der Waals surface area contributed by atoms with E-state index in [1.807, 2.05) is 17.6 Å². The number of amides is 1. The fourth-order valence-electron chi connectivity index (χ4n) is 3.73. The van der Waals surface area contributed by atoms with Gasteiger partial charge in [0.05, 0.1) is 16.7 Å². The highest BCUT2D eigenvalue weighted by Gasteiger charge is 2.24. The van der Waals surface area contributed by atoms with E-state index in [4.69, 9.17) is 11.6 Å². The average molecular weight is 540 g/mol. The zero-order valence-corrected chi connectivity index (χ0v) is 21.8. The van der Waals surface area contributed by atoms with E-state index < -0.39 is 16.9 Å². The molecule has 0 aliphatic rings. The number of carbonyl (C=O) groups excluding carboxylic acids is 1. The quantitative estimate of drug-likeness (QED) is 0.158. The first kappa shape index (κ1) is 26.3. The Morgan fingerprint density at radius 1 is 1.11 bits per heavy atom. The van der Waals surface area contributed by atoms with Gasteiger partial charge in [-0.15, -0.1) is 10.2 Å². The maximum atomic E-state index is 13.3. The molecule has 0 aliphatic heterocycles. The zero-order chi connectivity index (χ0) is 26.7. The number of nitro groups is 1. The molecule has 1 N–H and O–H groups in total. The summed E-state index contributed by atoms with van der Waals surface area (Å²) in [6, 6.07) is 15.4. The summed E-state index contributed by atoms with van der Waals surface area (Å²) in [4.78, 5) is 23.8. The molecule has 1 aromatic heterocycles. The van der Waals surface area contributed by atoms with Gasteiger partial charge in [-0.05, 0) is 62.2 Å². The van der Waals surface area contributed by atoms with Crippen molar-refractivity contribution in [2.24, 2.45) is 0 Å². The zero-order valence-electron chi connectivity index (χ0n) is 20.2. The van der Waals surface area contributed by atoms with Crippen LogP contribution in [0.5, 0.6) is 0 Å². The molecule has 0 aliphatic carbocycles. The number of benzene rings is 3. The summed E-state index contributed by atoms with van der Waals surface area (Å²) in [5.74, 6) is 0.193. The highest BCUT2D eigenvalue weighted by molar-refractivity contribution is 7.98. The van der Waals surface area contributed by atoms with Gasteiger partial charge in [0.1, 0.15) is 5.82 Å². The number of aromatic nitrogens is 3. The summed E-state index contributed by atoms with van der Waals surface area (Å²) in [5, 5.41) is 24.0. The van der Waals surface area contributed by atoms with Crippen molar-refractivity contribution in [3.8, 4) is 5.69 Å². The Kier molecular flexibility index (Phi) is 7.89. The number of nitrogens with zero attached hydrogens (tertiary/aromatic N) is 4. The third-order valence-corrected chi connectivity index (χ3v) is 6.99. The maximum absolute atomic E-state index is 13.3. The Hall–Kier alpha value is -3.76. The van der Waals surface area contributed by atoms with Crippen LogP contribution in [-0.4, -0.2) is 25.6 Å². The number of thioether (sulfide) groups is 1.